The van der Waals surface area contributed by atoms with Gasteiger partial charge in [-0.25, -0.2) is 0 Å². The number of nitrogens with one attached hydrogen (secondary N) is 1. The molecular formula is C11H15N3O5. The molecule has 1 aromatic carbocycles. The van der Waals surface area contributed by atoms with Gasteiger partial charge in [0.15, 0.2) is 0 Å². The number of rotatable bonds is 7. The Kier molecular flexibility index (Phi) is 5.71. The number of amides is 1. The minimum Gasteiger partial charge on any atom is -0.496 e. The molecular weight excluding hydrogens is 254 g/mol. The summed E-state index contributed by atoms with van der Waals surface area (Å²) in [4.78, 5) is 21.8. The van der Waals surface area contributed by atoms with E-state index >= 15 is 0 Å². The molecule has 19 heavy (non-hydrogen) atoms. The summed E-state index contributed by atoms with van der Waals surface area (Å²) < 4.78 is 9.82. The zero-order valence-corrected chi connectivity index (χ0v) is 10.4. The largest absolute Gasteiger partial charge is 0.496 e. The Hall–Kier alpha value is -2.19. The van der Waals surface area contributed by atoms with Crippen LogP contribution in [-0.4, -0.2) is 37.7 Å². The predicted octanol–water partition coefficient (Wildman–Crippen LogP) is 0.517. The van der Waals surface area contributed by atoms with Crippen LogP contribution in [0.1, 0.15) is 0 Å². The normalized spacial score (nSPS) is 10.0. The van der Waals surface area contributed by atoms with Crippen LogP contribution in [-0.2, 0) is 9.53 Å². The van der Waals surface area contributed by atoms with E-state index < -0.39 is 10.8 Å². The summed E-state index contributed by atoms with van der Waals surface area (Å²) >= 11 is 0. The summed E-state index contributed by atoms with van der Waals surface area (Å²) in [5.74, 6) is -0.147. The van der Waals surface area contributed by atoms with E-state index in [9.17, 15) is 14.9 Å². The molecule has 0 unspecified atom stereocenters. The second kappa shape index (κ2) is 7.29. The lowest BCUT2D eigenvalue weighted by atomic mass is 10.2. The highest BCUT2D eigenvalue weighted by Gasteiger charge is 2.17. The van der Waals surface area contributed by atoms with E-state index in [2.05, 4.69) is 5.32 Å². The zero-order chi connectivity index (χ0) is 14.3. The highest BCUT2D eigenvalue weighted by molar-refractivity contribution is 5.94. The summed E-state index contributed by atoms with van der Waals surface area (Å²) in [7, 11) is 1.40. The molecule has 0 bridgehead atoms. The lowest BCUT2D eigenvalue weighted by molar-refractivity contribution is -0.384. The molecule has 0 aliphatic heterocycles. The molecule has 104 valence electrons. The van der Waals surface area contributed by atoms with Crippen LogP contribution >= 0.6 is 0 Å². The van der Waals surface area contributed by atoms with Gasteiger partial charge in [0.1, 0.15) is 18.0 Å². The van der Waals surface area contributed by atoms with Crippen molar-refractivity contribution >= 4 is 17.3 Å². The first-order valence-electron chi connectivity index (χ1n) is 5.48. The van der Waals surface area contributed by atoms with Gasteiger partial charge >= 0.3 is 0 Å². The van der Waals surface area contributed by atoms with Crippen LogP contribution in [0.25, 0.3) is 0 Å². The number of ether oxygens (including phenoxy) is 2. The van der Waals surface area contributed by atoms with Crippen LogP contribution in [0.4, 0.5) is 11.4 Å². The molecule has 0 aliphatic carbocycles. The minimum absolute atomic E-state index is 0.0900. The Balaban J connectivity index is 2.77. The lowest BCUT2D eigenvalue weighted by Crippen LogP contribution is -2.21. The van der Waals surface area contributed by atoms with Gasteiger partial charge in [0, 0.05) is 6.54 Å². The summed E-state index contributed by atoms with van der Waals surface area (Å²) in [6.45, 7) is 0.342. The molecule has 1 aromatic rings. The maximum absolute atomic E-state index is 11.5. The third-order valence-electron chi connectivity index (χ3n) is 2.17. The molecule has 0 heterocycles. The van der Waals surface area contributed by atoms with Gasteiger partial charge in [-0.2, -0.15) is 0 Å². The number of nitro groups is 1. The van der Waals surface area contributed by atoms with Gasteiger partial charge in [0.05, 0.1) is 24.7 Å². The van der Waals surface area contributed by atoms with Gasteiger partial charge in [0.25, 0.3) is 11.6 Å². The number of nitro benzene ring substituents is 1. The number of methoxy groups -OCH3 is 1. The Labute approximate surface area is 109 Å². The molecule has 0 radical (unpaired) electrons. The molecule has 1 amide bonds. The molecule has 3 N–H and O–H groups in total. The van der Waals surface area contributed by atoms with Crippen LogP contribution in [0.3, 0.4) is 0 Å². The molecule has 8 heteroatoms. The Morgan fingerprint density at radius 1 is 1.53 bits per heavy atom. The van der Waals surface area contributed by atoms with E-state index in [0.717, 1.165) is 0 Å². The van der Waals surface area contributed by atoms with E-state index in [0.29, 0.717) is 12.3 Å². The van der Waals surface area contributed by atoms with Crippen molar-refractivity contribution in [2.45, 2.75) is 0 Å². The summed E-state index contributed by atoms with van der Waals surface area (Å²) in [5.41, 5.74) is 5.05. The molecule has 0 saturated heterocycles. The Morgan fingerprint density at radius 3 is 2.84 bits per heavy atom. The average Bonchev–Trinajstić information content (AvgIpc) is 2.39. The van der Waals surface area contributed by atoms with Crippen molar-refractivity contribution in [3.05, 3.63) is 28.3 Å². The fourth-order valence-electron chi connectivity index (χ4n) is 1.33. The number of carbonyl (C=O) groups excluding carboxylic acids is 1. The van der Waals surface area contributed by atoms with Crippen molar-refractivity contribution in [1.82, 2.24) is 0 Å². The van der Waals surface area contributed by atoms with Gasteiger partial charge < -0.3 is 20.5 Å². The van der Waals surface area contributed by atoms with E-state index in [1.807, 2.05) is 0 Å². The van der Waals surface area contributed by atoms with Crippen LogP contribution in [0.2, 0.25) is 0 Å². The number of carbonyl (C=O) groups is 1. The summed E-state index contributed by atoms with van der Waals surface area (Å²) in [6, 6.07) is 4.15. The smallest absolute Gasteiger partial charge is 0.296 e. The van der Waals surface area contributed by atoms with Crippen LogP contribution in [0.15, 0.2) is 18.2 Å². The van der Waals surface area contributed by atoms with E-state index in [-0.39, 0.29) is 24.6 Å². The van der Waals surface area contributed by atoms with Crippen LogP contribution in [0, 0.1) is 10.1 Å². The van der Waals surface area contributed by atoms with Crippen molar-refractivity contribution < 1.29 is 19.2 Å². The van der Waals surface area contributed by atoms with E-state index in [1.54, 1.807) is 0 Å². The van der Waals surface area contributed by atoms with E-state index in [1.165, 1.54) is 25.3 Å². The highest BCUT2D eigenvalue weighted by Crippen LogP contribution is 2.28. The molecule has 0 spiro atoms. The molecule has 1 rings (SSSR count). The highest BCUT2D eigenvalue weighted by atomic mass is 16.6. The molecule has 8 nitrogen and oxygen atoms in total. The Bertz CT molecular complexity index is 464. The fraction of sp³-hybridized carbons (Fsp3) is 0.364. The van der Waals surface area contributed by atoms with E-state index in [4.69, 9.17) is 15.2 Å². The first-order chi connectivity index (χ1) is 9.08. The van der Waals surface area contributed by atoms with Crippen molar-refractivity contribution in [3.8, 4) is 5.75 Å². The number of anilines is 1. The monoisotopic (exact) mass is 269 g/mol. The second-order valence-electron chi connectivity index (χ2n) is 3.53. The number of benzene rings is 1. The summed E-state index contributed by atoms with van der Waals surface area (Å²) in [6.07, 6.45) is 0. The predicted molar refractivity (Wildman–Crippen MR) is 68.2 cm³/mol. The maximum Gasteiger partial charge on any atom is 0.296 e. The van der Waals surface area contributed by atoms with Gasteiger partial charge in [0.2, 0.25) is 0 Å². The van der Waals surface area contributed by atoms with Crippen molar-refractivity contribution in [2.75, 3.05) is 32.2 Å². The van der Waals surface area contributed by atoms with Gasteiger partial charge in [-0.3, -0.25) is 14.9 Å². The third-order valence-corrected chi connectivity index (χ3v) is 2.17. The zero-order valence-electron chi connectivity index (χ0n) is 10.4. The van der Waals surface area contributed by atoms with Crippen LogP contribution < -0.4 is 15.8 Å². The van der Waals surface area contributed by atoms with Gasteiger partial charge in [-0.15, -0.1) is 0 Å². The van der Waals surface area contributed by atoms with Gasteiger partial charge in [-0.05, 0) is 12.1 Å². The topological polar surface area (TPSA) is 117 Å². The lowest BCUT2D eigenvalue weighted by Gasteiger charge is -2.07. The molecule has 0 aromatic heterocycles. The van der Waals surface area contributed by atoms with Crippen molar-refractivity contribution in [1.29, 1.82) is 0 Å². The number of nitrogens with two attached hydrogens (primary N) is 1. The standard InChI is InChI=1S/C11H15N3O5/c1-18-8-2-3-9(10(6-8)14(16)17)13-11(15)7-19-5-4-12/h2-3,6H,4-5,7,12H2,1H3,(H,13,15). The van der Waals surface area contributed by atoms with Gasteiger partial charge in [-0.1, -0.05) is 0 Å². The summed E-state index contributed by atoms with van der Waals surface area (Å²) in [5, 5.41) is 13.3. The van der Waals surface area contributed by atoms with Crippen LogP contribution in [0.5, 0.6) is 5.75 Å². The number of nitrogens with zero attached hydrogens (tertiary/aromatic N) is 1. The molecule has 0 fully saturated rings. The quantitative estimate of drug-likeness (QED) is 0.423. The van der Waals surface area contributed by atoms with Crippen molar-refractivity contribution in [3.63, 3.8) is 0 Å². The molecule has 0 atom stereocenters. The first-order valence-corrected chi connectivity index (χ1v) is 5.48. The molecule has 0 aliphatic rings. The fourth-order valence-corrected chi connectivity index (χ4v) is 1.33. The Morgan fingerprint density at radius 2 is 2.26 bits per heavy atom. The average molecular weight is 269 g/mol. The third kappa shape index (κ3) is 4.53. The molecule has 0 saturated carbocycles. The van der Waals surface area contributed by atoms with Crippen molar-refractivity contribution in [2.24, 2.45) is 5.73 Å². The second-order valence-corrected chi connectivity index (χ2v) is 3.53. The minimum atomic E-state index is -0.598. The maximum atomic E-state index is 11.5. The number of hydrogen-bond acceptors (Lipinski definition) is 6. The SMILES string of the molecule is COc1ccc(NC(=O)COCCN)c([N+](=O)[O-])c1. The first kappa shape index (κ1) is 14.9. The number of hydrogen-bond donors (Lipinski definition) is 2.